The highest BCUT2D eigenvalue weighted by Crippen LogP contribution is 2.18. The zero-order valence-electron chi connectivity index (χ0n) is 21.0. The maximum Gasteiger partial charge on any atom is 0.326 e. The summed E-state index contributed by atoms with van der Waals surface area (Å²) >= 11 is 1.38. The minimum atomic E-state index is -1.62. The monoisotopic (exact) mass is 551 g/mol. The Balaban J connectivity index is 2.10. The molecule has 0 aliphatic carbocycles. The Morgan fingerprint density at radius 3 is 2.26 bits per heavy atom. The van der Waals surface area contributed by atoms with E-state index in [9.17, 15) is 39.3 Å². The third-order valence-corrected chi connectivity index (χ3v) is 6.40. The van der Waals surface area contributed by atoms with Gasteiger partial charge < -0.3 is 42.0 Å². The molecule has 0 aliphatic rings. The molecule has 38 heavy (non-hydrogen) atoms. The van der Waals surface area contributed by atoms with E-state index in [1.165, 1.54) is 18.7 Å². The Bertz CT molecular complexity index is 1150. The van der Waals surface area contributed by atoms with Crippen LogP contribution in [0.3, 0.4) is 0 Å². The predicted octanol–water partition coefficient (Wildman–Crippen LogP) is -0.815. The second kappa shape index (κ2) is 14.4. The number of carboxylic acids is 2. The molecule has 14 heteroatoms. The van der Waals surface area contributed by atoms with Gasteiger partial charge in [-0.3, -0.25) is 19.2 Å². The van der Waals surface area contributed by atoms with Crippen LogP contribution >= 0.6 is 11.8 Å². The number of aliphatic hydroxyl groups excluding tert-OH is 1. The van der Waals surface area contributed by atoms with Crippen LogP contribution in [0.5, 0.6) is 0 Å². The van der Waals surface area contributed by atoms with Gasteiger partial charge in [0.25, 0.3) is 0 Å². The maximum atomic E-state index is 12.9. The first-order chi connectivity index (χ1) is 17.9. The quantitative estimate of drug-likeness (QED) is 0.137. The van der Waals surface area contributed by atoms with Gasteiger partial charge >= 0.3 is 11.9 Å². The molecular weight excluding hydrogens is 518 g/mol. The van der Waals surface area contributed by atoms with E-state index in [0.717, 1.165) is 16.5 Å². The molecule has 3 amide bonds. The van der Waals surface area contributed by atoms with Crippen LogP contribution in [0.15, 0.2) is 30.5 Å². The number of aromatic amines is 1. The first-order valence-corrected chi connectivity index (χ1v) is 13.2. The van der Waals surface area contributed by atoms with Crippen molar-refractivity contribution >= 4 is 52.3 Å². The lowest BCUT2D eigenvalue weighted by Gasteiger charge is -2.26. The molecule has 0 spiro atoms. The van der Waals surface area contributed by atoms with Gasteiger partial charge in [0.2, 0.25) is 17.7 Å². The van der Waals surface area contributed by atoms with Gasteiger partial charge in [0.1, 0.15) is 18.1 Å². The number of aromatic nitrogens is 1. The molecule has 13 nitrogen and oxygen atoms in total. The molecule has 0 aliphatic heterocycles. The summed E-state index contributed by atoms with van der Waals surface area (Å²) in [4.78, 5) is 64.2. The lowest BCUT2D eigenvalue weighted by atomic mass is 10.0. The minimum absolute atomic E-state index is 0.0998. The number of carboxylic acid groups (broad SMARTS) is 2. The summed E-state index contributed by atoms with van der Waals surface area (Å²) in [5.74, 6) is -5.08. The molecule has 1 aromatic carbocycles. The number of fused-ring (bicyclic) bond motifs is 1. The number of aliphatic carboxylic acids is 2. The average Bonchev–Trinajstić information content (AvgIpc) is 3.26. The van der Waals surface area contributed by atoms with E-state index in [1.807, 2.05) is 24.3 Å². The number of hydrogen-bond acceptors (Lipinski definition) is 8. The minimum Gasteiger partial charge on any atom is -0.481 e. The van der Waals surface area contributed by atoms with Crippen molar-refractivity contribution in [3.63, 3.8) is 0 Å². The molecule has 2 aromatic rings. The van der Waals surface area contributed by atoms with Crippen molar-refractivity contribution < 1.29 is 39.3 Å². The van der Waals surface area contributed by atoms with Crippen LogP contribution in [-0.2, 0) is 30.4 Å². The predicted molar refractivity (Wildman–Crippen MR) is 140 cm³/mol. The van der Waals surface area contributed by atoms with E-state index < -0.39 is 66.4 Å². The highest BCUT2D eigenvalue weighted by atomic mass is 32.2. The molecule has 1 heterocycles. The number of amides is 3. The van der Waals surface area contributed by atoms with Gasteiger partial charge in [0.15, 0.2) is 0 Å². The van der Waals surface area contributed by atoms with Crippen LogP contribution in [0.25, 0.3) is 10.9 Å². The number of carbonyl (C=O) groups is 5. The molecule has 0 saturated carbocycles. The van der Waals surface area contributed by atoms with E-state index >= 15 is 0 Å². The van der Waals surface area contributed by atoms with Crippen molar-refractivity contribution in [3.8, 4) is 0 Å². The van der Waals surface area contributed by atoms with Gasteiger partial charge in [-0.15, -0.1) is 0 Å². The second-order valence-corrected chi connectivity index (χ2v) is 9.72. The summed E-state index contributed by atoms with van der Waals surface area (Å²) in [7, 11) is 0. The first-order valence-electron chi connectivity index (χ1n) is 11.8. The number of benzene rings is 1. The third kappa shape index (κ3) is 8.75. The zero-order chi connectivity index (χ0) is 28.4. The second-order valence-electron chi connectivity index (χ2n) is 8.74. The topological polar surface area (TPSA) is 224 Å². The number of nitrogens with two attached hydrogens (primary N) is 1. The molecule has 9 N–H and O–H groups in total. The molecular formula is C24H33N5O8S. The number of H-pyrrole nitrogens is 1. The van der Waals surface area contributed by atoms with Gasteiger partial charge in [-0.2, -0.15) is 11.8 Å². The van der Waals surface area contributed by atoms with E-state index in [4.69, 9.17) is 5.73 Å². The molecule has 0 bridgehead atoms. The Kier molecular flexibility index (Phi) is 11.6. The zero-order valence-corrected chi connectivity index (χ0v) is 21.8. The van der Waals surface area contributed by atoms with Crippen molar-refractivity contribution in [1.82, 2.24) is 20.9 Å². The molecule has 5 unspecified atom stereocenters. The Morgan fingerprint density at radius 2 is 1.66 bits per heavy atom. The Morgan fingerprint density at radius 1 is 1.00 bits per heavy atom. The van der Waals surface area contributed by atoms with Crippen molar-refractivity contribution in [2.45, 2.75) is 56.5 Å². The smallest absolute Gasteiger partial charge is 0.326 e. The molecule has 0 fully saturated rings. The summed E-state index contributed by atoms with van der Waals surface area (Å²) in [6.45, 7) is 1.20. The maximum absolute atomic E-state index is 12.9. The molecule has 0 radical (unpaired) electrons. The van der Waals surface area contributed by atoms with Crippen LogP contribution in [-0.4, -0.2) is 92.2 Å². The standard InChI is InChI=1S/C24H33N5O8S/c1-12(30)20(23(35)27-17(24(36)37)7-8-38-2)29-22(34)18(10-19(31)32)28-21(33)15(25)9-13-11-26-16-6-4-3-5-14(13)16/h3-6,11-12,15,17-18,20,26,30H,7-10,25H2,1-2H3,(H,27,35)(H,28,33)(H,29,34)(H,31,32)(H,36,37). The average molecular weight is 552 g/mol. The number of nitrogens with one attached hydrogen (secondary N) is 4. The van der Waals surface area contributed by atoms with E-state index in [1.54, 1.807) is 12.5 Å². The highest BCUT2D eigenvalue weighted by molar-refractivity contribution is 7.98. The number of hydrogen-bond donors (Lipinski definition) is 8. The molecule has 208 valence electrons. The summed E-state index contributed by atoms with van der Waals surface area (Å²) in [6.07, 6.45) is 1.39. The number of para-hydroxylation sites is 1. The number of rotatable bonds is 15. The van der Waals surface area contributed by atoms with Crippen LogP contribution in [0.2, 0.25) is 0 Å². The van der Waals surface area contributed by atoms with Crippen molar-refractivity contribution in [1.29, 1.82) is 0 Å². The SMILES string of the molecule is CSCCC(NC(=O)C(NC(=O)C(CC(=O)O)NC(=O)C(N)Cc1c[nH]c2ccccc12)C(C)O)C(=O)O. The fourth-order valence-electron chi connectivity index (χ4n) is 3.71. The van der Waals surface area contributed by atoms with Crippen molar-refractivity contribution in [2.75, 3.05) is 12.0 Å². The van der Waals surface area contributed by atoms with Crippen LogP contribution in [0.4, 0.5) is 0 Å². The van der Waals surface area contributed by atoms with Gasteiger partial charge in [-0.1, -0.05) is 18.2 Å². The lowest BCUT2D eigenvalue weighted by molar-refractivity contribution is -0.144. The highest BCUT2D eigenvalue weighted by Gasteiger charge is 2.33. The van der Waals surface area contributed by atoms with Crippen molar-refractivity contribution in [2.24, 2.45) is 5.73 Å². The van der Waals surface area contributed by atoms with Crippen LogP contribution in [0, 0.1) is 0 Å². The molecule has 0 saturated heterocycles. The van der Waals surface area contributed by atoms with Crippen LogP contribution in [0.1, 0.15) is 25.3 Å². The summed E-state index contributed by atoms with van der Waals surface area (Å²) in [5.41, 5.74) is 7.63. The van der Waals surface area contributed by atoms with Crippen LogP contribution < -0.4 is 21.7 Å². The van der Waals surface area contributed by atoms with Gasteiger partial charge in [0.05, 0.1) is 18.6 Å². The molecule has 2 rings (SSSR count). The summed E-state index contributed by atoms with van der Waals surface area (Å²) < 4.78 is 0. The fraction of sp³-hybridized carbons (Fsp3) is 0.458. The Labute approximate surface area is 222 Å². The summed E-state index contributed by atoms with van der Waals surface area (Å²) in [6, 6.07) is 1.78. The summed E-state index contributed by atoms with van der Waals surface area (Å²) in [5, 5.41) is 36.3. The number of carbonyl (C=O) groups excluding carboxylic acids is 3. The van der Waals surface area contributed by atoms with E-state index in [0.29, 0.717) is 5.75 Å². The molecule has 5 atom stereocenters. The number of thioether (sulfide) groups is 1. The lowest BCUT2D eigenvalue weighted by Crippen LogP contribution is -2.60. The first kappa shape index (κ1) is 30.6. The van der Waals surface area contributed by atoms with Gasteiger partial charge in [-0.25, -0.2) is 4.79 Å². The Hall–Kier alpha value is -3.62. The normalized spacial score (nSPS) is 15.1. The molecule has 1 aromatic heterocycles. The van der Waals surface area contributed by atoms with Gasteiger partial charge in [-0.05, 0) is 43.4 Å². The third-order valence-electron chi connectivity index (χ3n) is 5.75. The van der Waals surface area contributed by atoms with E-state index in [-0.39, 0.29) is 12.8 Å². The fourth-order valence-corrected chi connectivity index (χ4v) is 4.18. The van der Waals surface area contributed by atoms with Crippen molar-refractivity contribution in [3.05, 3.63) is 36.0 Å². The number of aliphatic hydroxyl groups is 1. The van der Waals surface area contributed by atoms with E-state index in [2.05, 4.69) is 20.9 Å². The van der Waals surface area contributed by atoms with Gasteiger partial charge in [0, 0.05) is 17.1 Å². The largest absolute Gasteiger partial charge is 0.481 e.